The van der Waals surface area contributed by atoms with Gasteiger partial charge in [-0.2, -0.15) is 0 Å². The number of carbonyl (C=O) groups is 1. The molecule has 1 saturated heterocycles. The normalized spacial score (nSPS) is 20.8. The van der Waals surface area contributed by atoms with Crippen LogP contribution in [0.5, 0.6) is 0 Å². The summed E-state index contributed by atoms with van der Waals surface area (Å²) < 4.78 is 17.6. The highest BCUT2D eigenvalue weighted by Gasteiger charge is 2.34. The number of aromatic nitrogens is 2. The van der Waals surface area contributed by atoms with Crippen molar-refractivity contribution in [3.8, 4) is 0 Å². The van der Waals surface area contributed by atoms with E-state index in [9.17, 15) is 9.00 Å². The maximum atomic E-state index is 12.3. The van der Waals surface area contributed by atoms with Crippen LogP contribution in [0, 0.1) is 0 Å². The van der Waals surface area contributed by atoms with Crippen LogP contribution in [0.1, 0.15) is 27.2 Å². The molecule has 1 aliphatic rings. The summed E-state index contributed by atoms with van der Waals surface area (Å²) in [4.78, 5) is 21.5. The minimum absolute atomic E-state index is 0.134. The Balaban J connectivity index is 1.96. The molecule has 2 atom stereocenters. The molecule has 0 saturated carbocycles. The average Bonchev–Trinajstić information content (AvgIpc) is 2.86. The van der Waals surface area contributed by atoms with Gasteiger partial charge in [-0.15, -0.1) is 0 Å². The molecule has 1 aromatic heterocycles. The first-order valence-electron chi connectivity index (χ1n) is 6.52. The fourth-order valence-electron chi connectivity index (χ4n) is 1.93. The third-order valence-corrected chi connectivity index (χ3v) is 4.38. The molecule has 1 aliphatic heterocycles. The predicted octanol–water partition coefficient (Wildman–Crippen LogP) is 1.59. The molecule has 1 aromatic rings. The van der Waals surface area contributed by atoms with Crippen molar-refractivity contribution in [2.24, 2.45) is 0 Å². The molecule has 0 aliphatic carbocycles. The van der Waals surface area contributed by atoms with E-state index in [2.05, 4.69) is 9.97 Å². The van der Waals surface area contributed by atoms with Crippen molar-refractivity contribution < 1.29 is 13.7 Å². The van der Waals surface area contributed by atoms with Crippen LogP contribution in [0.3, 0.4) is 0 Å². The largest absolute Gasteiger partial charge is 0.444 e. The van der Waals surface area contributed by atoms with Gasteiger partial charge in [0.2, 0.25) is 5.16 Å². The first-order valence-corrected chi connectivity index (χ1v) is 7.73. The quantitative estimate of drug-likeness (QED) is 0.775. The van der Waals surface area contributed by atoms with Gasteiger partial charge in [0.1, 0.15) is 5.60 Å². The van der Waals surface area contributed by atoms with Gasteiger partial charge in [-0.1, -0.05) is 0 Å². The van der Waals surface area contributed by atoms with E-state index in [1.165, 1.54) is 0 Å². The van der Waals surface area contributed by atoms with Crippen molar-refractivity contribution in [2.45, 2.75) is 43.2 Å². The molecule has 1 amide bonds. The summed E-state index contributed by atoms with van der Waals surface area (Å²) in [5, 5.41) is 0.188. The summed E-state index contributed by atoms with van der Waals surface area (Å²) in [5.74, 6) is 0. The molecule has 0 radical (unpaired) electrons. The first-order chi connectivity index (χ1) is 9.37. The molecule has 0 N–H and O–H groups in total. The van der Waals surface area contributed by atoms with Crippen LogP contribution in [0.15, 0.2) is 23.6 Å². The molecule has 0 bridgehead atoms. The van der Waals surface area contributed by atoms with Crippen LogP contribution in [0.4, 0.5) is 4.79 Å². The molecule has 6 nitrogen and oxygen atoms in total. The van der Waals surface area contributed by atoms with E-state index in [0.29, 0.717) is 24.7 Å². The molecule has 7 heteroatoms. The smallest absolute Gasteiger partial charge is 0.410 e. The van der Waals surface area contributed by atoms with E-state index in [1.54, 1.807) is 23.4 Å². The lowest BCUT2D eigenvalue weighted by molar-refractivity contribution is 0.0295. The van der Waals surface area contributed by atoms with Gasteiger partial charge in [0.25, 0.3) is 0 Å². The molecule has 2 rings (SSSR count). The molecule has 0 unspecified atom stereocenters. The first kappa shape index (κ1) is 14.9. The van der Waals surface area contributed by atoms with Crippen LogP contribution in [-0.4, -0.2) is 49.1 Å². The van der Waals surface area contributed by atoms with Gasteiger partial charge in [0.05, 0.1) is 16.0 Å². The molecule has 0 aromatic carbocycles. The lowest BCUT2D eigenvalue weighted by Crippen LogP contribution is -2.36. The maximum absolute atomic E-state index is 12.3. The standard InChI is InChI=1S/C13H19N3O3S/c1-13(2,3)19-12(17)16-8-5-10(9-16)20(18)11-14-6-4-7-15-11/h4,6-7,10H,5,8-9H2,1-3H3/t10-,20-/m1/s1. The lowest BCUT2D eigenvalue weighted by atomic mass is 10.2. The Morgan fingerprint density at radius 1 is 1.40 bits per heavy atom. The molecular weight excluding hydrogens is 278 g/mol. The van der Waals surface area contributed by atoms with Crippen LogP contribution in [0.2, 0.25) is 0 Å². The Kier molecular flexibility index (Phi) is 4.37. The third-order valence-electron chi connectivity index (χ3n) is 2.82. The number of hydrogen-bond acceptors (Lipinski definition) is 5. The van der Waals surface area contributed by atoms with Gasteiger partial charge in [-0.3, -0.25) is 4.21 Å². The second-order valence-corrected chi connectivity index (χ2v) is 7.29. The fraction of sp³-hybridized carbons (Fsp3) is 0.615. The van der Waals surface area contributed by atoms with Crippen molar-refractivity contribution in [1.82, 2.24) is 14.9 Å². The number of likely N-dealkylation sites (tertiary alicyclic amines) is 1. The monoisotopic (exact) mass is 297 g/mol. The number of amides is 1. The summed E-state index contributed by atoms with van der Waals surface area (Å²) in [6, 6.07) is 1.68. The van der Waals surface area contributed by atoms with Crippen molar-refractivity contribution in [2.75, 3.05) is 13.1 Å². The summed E-state index contributed by atoms with van der Waals surface area (Å²) in [7, 11) is -1.29. The Bertz CT molecular complexity index is 501. The highest BCUT2D eigenvalue weighted by molar-refractivity contribution is 7.85. The van der Waals surface area contributed by atoms with Crippen LogP contribution >= 0.6 is 0 Å². The summed E-state index contributed by atoms with van der Waals surface area (Å²) in [6.07, 6.45) is 3.46. The SMILES string of the molecule is CC(C)(C)OC(=O)N1CC[C@@H]([S@@](=O)c2ncccn2)C1. The zero-order valence-electron chi connectivity index (χ0n) is 11.9. The van der Waals surface area contributed by atoms with Gasteiger partial charge in [-0.05, 0) is 33.3 Å². The van der Waals surface area contributed by atoms with Gasteiger partial charge in [-0.25, -0.2) is 14.8 Å². The van der Waals surface area contributed by atoms with Crippen molar-refractivity contribution in [1.29, 1.82) is 0 Å². The Morgan fingerprint density at radius 3 is 2.65 bits per heavy atom. The number of hydrogen-bond donors (Lipinski definition) is 0. The highest BCUT2D eigenvalue weighted by atomic mass is 32.2. The minimum atomic E-state index is -1.29. The lowest BCUT2D eigenvalue weighted by Gasteiger charge is -2.24. The van der Waals surface area contributed by atoms with E-state index in [4.69, 9.17) is 4.74 Å². The van der Waals surface area contributed by atoms with Gasteiger partial charge in [0, 0.05) is 25.5 Å². The zero-order valence-corrected chi connectivity index (χ0v) is 12.7. The fourth-order valence-corrected chi connectivity index (χ4v) is 3.20. The summed E-state index contributed by atoms with van der Waals surface area (Å²) in [5.41, 5.74) is -0.517. The molecular formula is C13H19N3O3S. The molecule has 2 heterocycles. The van der Waals surface area contributed by atoms with Crippen LogP contribution in [-0.2, 0) is 15.5 Å². The second-order valence-electron chi connectivity index (χ2n) is 5.67. The predicted molar refractivity (Wildman–Crippen MR) is 74.7 cm³/mol. The molecule has 0 spiro atoms. The Hall–Kier alpha value is -1.50. The van der Waals surface area contributed by atoms with Crippen LogP contribution < -0.4 is 0 Å². The minimum Gasteiger partial charge on any atom is -0.444 e. The average molecular weight is 297 g/mol. The summed E-state index contributed by atoms with van der Waals surface area (Å²) >= 11 is 0. The van der Waals surface area contributed by atoms with Crippen molar-refractivity contribution in [3.05, 3.63) is 18.5 Å². The van der Waals surface area contributed by atoms with E-state index in [1.807, 2.05) is 20.8 Å². The second kappa shape index (κ2) is 5.87. The number of nitrogens with zero attached hydrogens (tertiary/aromatic N) is 3. The number of carbonyl (C=O) groups excluding carboxylic acids is 1. The van der Waals surface area contributed by atoms with E-state index >= 15 is 0 Å². The summed E-state index contributed by atoms with van der Waals surface area (Å²) in [6.45, 7) is 6.45. The van der Waals surface area contributed by atoms with E-state index in [-0.39, 0.29) is 11.3 Å². The topological polar surface area (TPSA) is 72.4 Å². The molecule has 110 valence electrons. The van der Waals surface area contributed by atoms with E-state index in [0.717, 1.165) is 0 Å². The van der Waals surface area contributed by atoms with Crippen molar-refractivity contribution >= 4 is 16.9 Å². The molecule has 1 fully saturated rings. The van der Waals surface area contributed by atoms with Crippen molar-refractivity contribution in [3.63, 3.8) is 0 Å². The van der Waals surface area contributed by atoms with Gasteiger partial charge in [0.15, 0.2) is 0 Å². The highest BCUT2D eigenvalue weighted by Crippen LogP contribution is 2.20. The maximum Gasteiger partial charge on any atom is 0.410 e. The molecule has 20 heavy (non-hydrogen) atoms. The number of ether oxygens (including phenoxy) is 1. The van der Waals surface area contributed by atoms with Crippen LogP contribution in [0.25, 0.3) is 0 Å². The Morgan fingerprint density at radius 2 is 2.05 bits per heavy atom. The zero-order chi connectivity index (χ0) is 14.8. The Labute approximate surface area is 121 Å². The third kappa shape index (κ3) is 3.75. The van der Waals surface area contributed by atoms with Gasteiger partial charge < -0.3 is 9.64 Å². The van der Waals surface area contributed by atoms with Gasteiger partial charge >= 0.3 is 6.09 Å². The number of rotatable bonds is 2. The van der Waals surface area contributed by atoms with E-state index < -0.39 is 16.4 Å².